The smallest absolute Gasteiger partial charge is 0.0346 e. The predicted octanol–water partition coefficient (Wildman–Crippen LogP) is 1.97. The minimum Gasteiger partial charge on any atom is -0.314 e. The first-order chi connectivity index (χ1) is 10.2. The number of nitrogens with one attached hydrogen (secondary N) is 1. The van der Waals surface area contributed by atoms with Crippen molar-refractivity contribution >= 4 is 0 Å². The SMILES string of the molecule is CC(C)Cc1ccc(CN2CCN(C3CNC3)CC2)cc1. The Morgan fingerprint density at radius 3 is 2.14 bits per heavy atom. The van der Waals surface area contributed by atoms with Crippen LogP contribution in [-0.4, -0.2) is 55.1 Å². The second kappa shape index (κ2) is 6.91. The molecule has 21 heavy (non-hydrogen) atoms. The van der Waals surface area contributed by atoms with Crippen molar-refractivity contribution in [1.29, 1.82) is 0 Å². The van der Waals surface area contributed by atoms with Crippen molar-refractivity contribution < 1.29 is 0 Å². The first-order valence-electron chi connectivity index (χ1n) is 8.45. The number of hydrogen-bond acceptors (Lipinski definition) is 3. The zero-order valence-electron chi connectivity index (χ0n) is 13.5. The third kappa shape index (κ3) is 4.06. The van der Waals surface area contributed by atoms with E-state index in [2.05, 4.69) is 53.2 Å². The van der Waals surface area contributed by atoms with E-state index in [-0.39, 0.29) is 0 Å². The molecule has 0 radical (unpaired) electrons. The molecular weight excluding hydrogens is 258 g/mol. The fourth-order valence-electron chi connectivity index (χ4n) is 3.33. The van der Waals surface area contributed by atoms with Gasteiger partial charge in [-0.25, -0.2) is 0 Å². The van der Waals surface area contributed by atoms with Crippen molar-refractivity contribution in [2.45, 2.75) is 32.9 Å². The predicted molar refractivity (Wildman–Crippen MR) is 88.5 cm³/mol. The Labute approximate surface area is 129 Å². The summed E-state index contributed by atoms with van der Waals surface area (Å²) in [7, 11) is 0. The van der Waals surface area contributed by atoms with E-state index in [1.165, 1.54) is 56.8 Å². The van der Waals surface area contributed by atoms with E-state index in [9.17, 15) is 0 Å². The van der Waals surface area contributed by atoms with Crippen LogP contribution in [0.15, 0.2) is 24.3 Å². The highest BCUT2D eigenvalue weighted by Gasteiger charge is 2.27. The van der Waals surface area contributed by atoms with E-state index in [1.807, 2.05) is 0 Å². The summed E-state index contributed by atoms with van der Waals surface area (Å²) >= 11 is 0. The normalized spacial score (nSPS) is 21.7. The second-order valence-electron chi connectivity index (χ2n) is 7.04. The standard InChI is InChI=1S/C18H29N3/c1-15(2)11-16-3-5-17(6-4-16)14-20-7-9-21(10-8-20)18-12-19-13-18/h3-6,15,18-19H,7-14H2,1-2H3. The van der Waals surface area contributed by atoms with Gasteiger partial charge < -0.3 is 5.32 Å². The number of piperazine rings is 1. The topological polar surface area (TPSA) is 18.5 Å². The molecule has 3 nitrogen and oxygen atoms in total. The molecule has 0 aliphatic carbocycles. The molecule has 1 aromatic carbocycles. The largest absolute Gasteiger partial charge is 0.314 e. The molecule has 0 atom stereocenters. The molecule has 2 aliphatic heterocycles. The van der Waals surface area contributed by atoms with Crippen molar-refractivity contribution in [2.75, 3.05) is 39.3 Å². The fraction of sp³-hybridized carbons (Fsp3) is 0.667. The monoisotopic (exact) mass is 287 g/mol. The van der Waals surface area contributed by atoms with Gasteiger partial charge in [0.15, 0.2) is 0 Å². The number of hydrogen-bond donors (Lipinski definition) is 1. The molecule has 0 unspecified atom stereocenters. The maximum absolute atomic E-state index is 3.37. The van der Waals surface area contributed by atoms with Crippen molar-refractivity contribution in [1.82, 2.24) is 15.1 Å². The Balaban J connectivity index is 1.46. The zero-order valence-corrected chi connectivity index (χ0v) is 13.5. The molecule has 0 aromatic heterocycles. The average molecular weight is 287 g/mol. The molecule has 2 heterocycles. The van der Waals surface area contributed by atoms with Crippen LogP contribution < -0.4 is 5.32 Å². The molecule has 0 spiro atoms. The molecule has 3 heteroatoms. The van der Waals surface area contributed by atoms with Gasteiger partial charge in [0.25, 0.3) is 0 Å². The van der Waals surface area contributed by atoms with E-state index in [0.29, 0.717) is 0 Å². The Bertz CT molecular complexity index is 428. The fourth-order valence-corrected chi connectivity index (χ4v) is 3.33. The highest BCUT2D eigenvalue weighted by Crippen LogP contribution is 2.14. The molecule has 0 amide bonds. The van der Waals surface area contributed by atoms with E-state index in [1.54, 1.807) is 0 Å². The van der Waals surface area contributed by atoms with Crippen molar-refractivity contribution in [3.05, 3.63) is 35.4 Å². The summed E-state index contributed by atoms with van der Waals surface area (Å²) in [6.45, 7) is 13.0. The molecule has 1 N–H and O–H groups in total. The van der Waals surface area contributed by atoms with Gasteiger partial charge in [-0.3, -0.25) is 9.80 Å². The second-order valence-corrected chi connectivity index (χ2v) is 7.04. The third-order valence-electron chi connectivity index (χ3n) is 4.76. The van der Waals surface area contributed by atoms with Crippen LogP contribution in [0.5, 0.6) is 0 Å². The molecule has 2 fully saturated rings. The van der Waals surface area contributed by atoms with Crippen LogP contribution >= 0.6 is 0 Å². The quantitative estimate of drug-likeness (QED) is 0.893. The van der Waals surface area contributed by atoms with Crippen LogP contribution in [0, 0.1) is 5.92 Å². The van der Waals surface area contributed by atoms with Crippen LogP contribution in [0.25, 0.3) is 0 Å². The first kappa shape index (κ1) is 15.0. The van der Waals surface area contributed by atoms with Crippen LogP contribution in [0.4, 0.5) is 0 Å². The van der Waals surface area contributed by atoms with Crippen LogP contribution in [0.1, 0.15) is 25.0 Å². The minimum atomic E-state index is 0.741. The van der Waals surface area contributed by atoms with Crippen molar-refractivity contribution in [3.63, 3.8) is 0 Å². The molecule has 1 aromatic rings. The molecule has 0 bridgehead atoms. The Kier molecular flexibility index (Phi) is 4.94. The van der Waals surface area contributed by atoms with E-state index >= 15 is 0 Å². The number of rotatable bonds is 5. The Hall–Kier alpha value is -0.900. The van der Waals surface area contributed by atoms with Gasteiger partial charge in [0.05, 0.1) is 0 Å². The van der Waals surface area contributed by atoms with Gasteiger partial charge in [-0.05, 0) is 23.5 Å². The summed E-state index contributed by atoms with van der Waals surface area (Å²) in [5, 5.41) is 3.37. The summed E-state index contributed by atoms with van der Waals surface area (Å²) in [6, 6.07) is 10.1. The molecular formula is C18H29N3. The highest BCUT2D eigenvalue weighted by atomic mass is 15.3. The first-order valence-corrected chi connectivity index (χ1v) is 8.45. The van der Waals surface area contributed by atoms with Gasteiger partial charge in [-0.15, -0.1) is 0 Å². The molecule has 0 saturated carbocycles. The lowest BCUT2D eigenvalue weighted by Crippen LogP contribution is -2.61. The van der Waals surface area contributed by atoms with Crippen LogP contribution in [-0.2, 0) is 13.0 Å². The number of nitrogens with zero attached hydrogens (tertiary/aromatic N) is 2. The lowest BCUT2D eigenvalue weighted by atomic mass is 10.0. The number of benzene rings is 1. The van der Waals surface area contributed by atoms with Gasteiger partial charge >= 0.3 is 0 Å². The third-order valence-corrected chi connectivity index (χ3v) is 4.76. The summed E-state index contributed by atoms with van der Waals surface area (Å²) < 4.78 is 0. The van der Waals surface area contributed by atoms with Gasteiger partial charge in [-0.2, -0.15) is 0 Å². The summed E-state index contributed by atoms with van der Waals surface area (Å²) in [4.78, 5) is 5.25. The summed E-state index contributed by atoms with van der Waals surface area (Å²) in [5.41, 5.74) is 2.93. The van der Waals surface area contributed by atoms with Crippen LogP contribution in [0.2, 0.25) is 0 Å². The maximum atomic E-state index is 3.37. The minimum absolute atomic E-state index is 0.741. The average Bonchev–Trinajstić information content (AvgIpc) is 2.41. The summed E-state index contributed by atoms with van der Waals surface area (Å²) in [6.07, 6.45) is 1.19. The molecule has 116 valence electrons. The van der Waals surface area contributed by atoms with Crippen LogP contribution in [0.3, 0.4) is 0 Å². The lowest BCUT2D eigenvalue weighted by molar-refractivity contribution is 0.0695. The molecule has 2 aliphatic rings. The van der Waals surface area contributed by atoms with E-state index in [4.69, 9.17) is 0 Å². The van der Waals surface area contributed by atoms with E-state index < -0.39 is 0 Å². The highest BCUT2D eigenvalue weighted by molar-refractivity contribution is 5.22. The van der Waals surface area contributed by atoms with Crippen molar-refractivity contribution in [3.8, 4) is 0 Å². The van der Waals surface area contributed by atoms with Gasteiger partial charge in [0, 0.05) is 51.9 Å². The van der Waals surface area contributed by atoms with Crippen molar-refractivity contribution in [2.24, 2.45) is 5.92 Å². The maximum Gasteiger partial charge on any atom is 0.0346 e. The summed E-state index contributed by atoms with van der Waals surface area (Å²) in [5.74, 6) is 0.741. The van der Waals surface area contributed by atoms with Gasteiger partial charge in [0.1, 0.15) is 0 Å². The molecule has 2 saturated heterocycles. The zero-order chi connectivity index (χ0) is 14.7. The Morgan fingerprint density at radius 2 is 1.62 bits per heavy atom. The van der Waals surface area contributed by atoms with Gasteiger partial charge in [0.2, 0.25) is 0 Å². The molecule has 3 rings (SSSR count). The van der Waals surface area contributed by atoms with Gasteiger partial charge in [-0.1, -0.05) is 38.1 Å². The van der Waals surface area contributed by atoms with E-state index in [0.717, 1.165) is 18.5 Å². The lowest BCUT2D eigenvalue weighted by Gasteiger charge is -2.43. The Morgan fingerprint density at radius 1 is 1.00 bits per heavy atom.